The van der Waals surface area contributed by atoms with Gasteiger partial charge in [0.05, 0.1) is 6.26 Å². The molecule has 0 radical (unpaired) electrons. The number of amides is 2. The van der Waals surface area contributed by atoms with Crippen LogP contribution >= 0.6 is 0 Å². The van der Waals surface area contributed by atoms with E-state index in [2.05, 4.69) is 10.6 Å². The lowest BCUT2D eigenvalue weighted by Gasteiger charge is -2.18. The van der Waals surface area contributed by atoms with Crippen LogP contribution in [0.25, 0.3) is 0 Å². The Bertz CT molecular complexity index is 778. The Morgan fingerprint density at radius 1 is 1.04 bits per heavy atom. The van der Waals surface area contributed by atoms with E-state index in [9.17, 15) is 14.4 Å². The number of ether oxygens (including phenoxy) is 1. The molecule has 2 rings (SSSR count). The quantitative estimate of drug-likeness (QED) is 0.774. The third-order valence-electron chi connectivity index (χ3n) is 3.84. The number of hydrogen-bond donors (Lipinski definition) is 2. The monoisotopic (exact) mass is 358 g/mol. The van der Waals surface area contributed by atoms with Crippen LogP contribution in [0, 0.1) is 13.8 Å². The summed E-state index contributed by atoms with van der Waals surface area (Å²) in [6.07, 6.45) is 0.349. The lowest BCUT2D eigenvalue weighted by atomic mass is 10.1. The van der Waals surface area contributed by atoms with Gasteiger partial charge < -0.3 is 19.8 Å². The van der Waals surface area contributed by atoms with Crippen molar-refractivity contribution in [3.8, 4) is 0 Å². The molecule has 0 aliphatic rings. The first-order valence-corrected chi connectivity index (χ1v) is 8.21. The molecule has 7 heteroatoms. The van der Waals surface area contributed by atoms with Crippen molar-refractivity contribution in [2.24, 2.45) is 0 Å². The van der Waals surface area contributed by atoms with Crippen LogP contribution in [0.1, 0.15) is 35.5 Å². The zero-order valence-electron chi connectivity index (χ0n) is 15.2. The first-order valence-electron chi connectivity index (χ1n) is 8.21. The predicted octanol–water partition coefficient (Wildman–Crippen LogP) is 2.59. The van der Waals surface area contributed by atoms with Gasteiger partial charge in [-0.15, -0.1) is 0 Å². The maximum Gasteiger partial charge on any atom is 0.329 e. The van der Waals surface area contributed by atoms with Gasteiger partial charge in [-0.3, -0.25) is 9.59 Å². The number of para-hydroxylation sites is 1. The summed E-state index contributed by atoms with van der Waals surface area (Å²) in [4.78, 5) is 36.3. The number of carbonyl (C=O) groups is 3. The van der Waals surface area contributed by atoms with Crippen molar-refractivity contribution in [3.05, 3.63) is 53.5 Å². The van der Waals surface area contributed by atoms with Gasteiger partial charge in [0.1, 0.15) is 6.04 Å². The Balaban J connectivity index is 1.91. The van der Waals surface area contributed by atoms with Crippen LogP contribution in [0.5, 0.6) is 0 Å². The molecule has 0 bridgehead atoms. The molecule has 0 spiro atoms. The van der Waals surface area contributed by atoms with E-state index in [0.717, 1.165) is 11.1 Å². The van der Waals surface area contributed by atoms with Crippen LogP contribution in [-0.2, 0) is 14.3 Å². The number of carbonyl (C=O) groups excluding carboxylic acids is 3. The highest BCUT2D eigenvalue weighted by Crippen LogP contribution is 2.19. The molecule has 1 heterocycles. The summed E-state index contributed by atoms with van der Waals surface area (Å²) < 4.78 is 10.1. The Morgan fingerprint density at radius 3 is 2.27 bits per heavy atom. The van der Waals surface area contributed by atoms with Crippen LogP contribution in [0.3, 0.4) is 0 Å². The number of rotatable bonds is 6. The summed E-state index contributed by atoms with van der Waals surface area (Å²) >= 11 is 0. The number of furan rings is 1. The summed E-state index contributed by atoms with van der Waals surface area (Å²) in [5, 5.41) is 5.22. The first-order chi connectivity index (χ1) is 12.3. The Morgan fingerprint density at radius 2 is 1.69 bits per heavy atom. The maximum absolute atomic E-state index is 12.3. The van der Waals surface area contributed by atoms with E-state index in [1.165, 1.54) is 26.2 Å². The molecular weight excluding hydrogens is 336 g/mol. The van der Waals surface area contributed by atoms with Gasteiger partial charge in [0.15, 0.2) is 11.9 Å². The number of aryl methyl sites for hydroxylation is 2. The summed E-state index contributed by atoms with van der Waals surface area (Å²) in [5.74, 6) is -1.60. The molecule has 0 aliphatic carbocycles. The van der Waals surface area contributed by atoms with E-state index in [4.69, 9.17) is 9.15 Å². The maximum atomic E-state index is 12.3. The highest BCUT2D eigenvalue weighted by Gasteiger charge is 2.24. The summed E-state index contributed by atoms with van der Waals surface area (Å²) in [6.45, 7) is 6.71. The Hall–Kier alpha value is -3.09. The standard InChI is InChI=1S/C19H22N2O5/c1-11-7-5-8-12(2)16(11)21-17(22)14(4)26-19(24)13(3)20-18(23)15-9-6-10-25-15/h5-10,13-14H,1-4H3,(H,20,23)(H,21,22)/t13-,14-/m0/s1. The second-order valence-electron chi connectivity index (χ2n) is 6.01. The van der Waals surface area contributed by atoms with Crippen LogP contribution < -0.4 is 10.6 Å². The summed E-state index contributed by atoms with van der Waals surface area (Å²) in [6, 6.07) is 7.78. The third kappa shape index (κ3) is 4.72. The topological polar surface area (TPSA) is 97.6 Å². The predicted molar refractivity (Wildman–Crippen MR) is 95.7 cm³/mol. The number of benzene rings is 1. The van der Waals surface area contributed by atoms with Crippen molar-refractivity contribution in [1.82, 2.24) is 5.32 Å². The van der Waals surface area contributed by atoms with Gasteiger partial charge in [0.2, 0.25) is 0 Å². The molecule has 1 aromatic carbocycles. The fourth-order valence-corrected chi connectivity index (χ4v) is 2.30. The molecule has 1 aromatic heterocycles. The van der Waals surface area contributed by atoms with E-state index in [0.29, 0.717) is 5.69 Å². The van der Waals surface area contributed by atoms with Gasteiger partial charge in [-0.1, -0.05) is 18.2 Å². The molecule has 2 amide bonds. The van der Waals surface area contributed by atoms with Crippen molar-refractivity contribution < 1.29 is 23.5 Å². The lowest BCUT2D eigenvalue weighted by Crippen LogP contribution is -2.42. The van der Waals surface area contributed by atoms with Crippen LogP contribution in [0.2, 0.25) is 0 Å². The van der Waals surface area contributed by atoms with Crippen molar-refractivity contribution in [3.63, 3.8) is 0 Å². The number of nitrogens with one attached hydrogen (secondary N) is 2. The molecule has 2 atom stereocenters. The molecule has 2 aromatic rings. The van der Waals surface area contributed by atoms with Gasteiger partial charge in [-0.05, 0) is 51.0 Å². The third-order valence-corrected chi connectivity index (χ3v) is 3.84. The smallest absolute Gasteiger partial charge is 0.329 e. The molecular formula is C19H22N2O5. The van der Waals surface area contributed by atoms with Gasteiger partial charge >= 0.3 is 5.97 Å². The molecule has 0 aliphatic heterocycles. The Kier molecular flexibility index (Phi) is 6.16. The summed E-state index contributed by atoms with van der Waals surface area (Å²) in [5.41, 5.74) is 2.52. The highest BCUT2D eigenvalue weighted by atomic mass is 16.5. The zero-order valence-corrected chi connectivity index (χ0v) is 15.2. The van der Waals surface area contributed by atoms with E-state index < -0.39 is 29.9 Å². The fourth-order valence-electron chi connectivity index (χ4n) is 2.30. The van der Waals surface area contributed by atoms with E-state index in [1.54, 1.807) is 6.07 Å². The van der Waals surface area contributed by atoms with Crippen LogP contribution in [-0.4, -0.2) is 29.9 Å². The summed E-state index contributed by atoms with van der Waals surface area (Å²) in [7, 11) is 0. The lowest BCUT2D eigenvalue weighted by molar-refractivity contribution is -0.154. The van der Waals surface area contributed by atoms with Crippen LogP contribution in [0.4, 0.5) is 5.69 Å². The largest absolute Gasteiger partial charge is 0.459 e. The molecule has 0 saturated heterocycles. The van der Waals surface area contributed by atoms with Crippen LogP contribution in [0.15, 0.2) is 41.0 Å². The molecule has 26 heavy (non-hydrogen) atoms. The van der Waals surface area contributed by atoms with Crippen molar-refractivity contribution in [2.75, 3.05) is 5.32 Å². The average molecular weight is 358 g/mol. The van der Waals surface area contributed by atoms with Crippen molar-refractivity contribution in [2.45, 2.75) is 39.8 Å². The van der Waals surface area contributed by atoms with Crippen molar-refractivity contribution >= 4 is 23.5 Å². The minimum absolute atomic E-state index is 0.0884. The molecule has 138 valence electrons. The van der Waals surface area contributed by atoms with Gasteiger partial charge in [-0.25, -0.2) is 4.79 Å². The van der Waals surface area contributed by atoms with E-state index in [-0.39, 0.29) is 5.76 Å². The van der Waals surface area contributed by atoms with Crippen molar-refractivity contribution in [1.29, 1.82) is 0 Å². The van der Waals surface area contributed by atoms with Gasteiger partial charge in [0.25, 0.3) is 11.8 Å². The first kappa shape index (κ1) is 19.2. The molecule has 2 N–H and O–H groups in total. The second-order valence-corrected chi connectivity index (χ2v) is 6.01. The molecule has 0 fully saturated rings. The number of anilines is 1. The van der Waals surface area contributed by atoms with E-state index in [1.807, 2.05) is 32.0 Å². The minimum atomic E-state index is -1.01. The number of hydrogen-bond acceptors (Lipinski definition) is 5. The van der Waals surface area contributed by atoms with Gasteiger partial charge in [0, 0.05) is 5.69 Å². The Labute approximate surface area is 151 Å². The number of esters is 1. The fraction of sp³-hybridized carbons (Fsp3) is 0.316. The second kappa shape index (κ2) is 8.33. The van der Waals surface area contributed by atoms with E-state index >= 15 is 0 Å². The molecule has 0 saturated carbocycles. The minimum Gasteiger partial charge on any atom is -0.459 e. The molecule has 7 nitrogen and oxygen atoms in total. The SMILES string of the molecule is Cc1cccc(C)c1NC(=O)[C@H](C)OC(=O)[C@H](C)NC(=O)c1ccco1. The average Bonchev–Trinajstić information content (AvgIpc) is 3.12. The highest BCUT2D eigenvalue weighted by molar-refractivity contribution is 5.97. The normalized spacial score (nSPS) is 12.8. The molecule has 0 unspecified atom stereocenters. The van der Waals surface area contributed by atoms with Gasteiger partial charge in [-0.2, -0.15) is 0 Å². The zero-order chi connectivity index (χ0) is 19.3.